The second-order valence-corrected chi connectivity index (χ2v) is 4.31. The lowest BCUT2D eigenvalue weighted by Crippen LogP contribution is -2.14. The van der Waals surface area contributed by atoms with E-state index in [0.29, 0.717) is 16.5 Å². The number of aromatic amines is 1. The Hall–Kier alpha value is -2.40. The van der Waals surface area contributed by atoms with E-state index in [9.17, 15) is 4.79 Å². The van der Waals surface area contributed by atoms with Crippen LogP contribution in [0.2, 0.25) is 5.02 Å². The normalized spacial score (nSPS) is 10.6. The first-order valence-corrected chi connectivity index (χ1v) is 5.98. The highest BCUT2D eigenvalue weighted by Crippen LogP contribution is 2.22. The van der Waals surface area contributed by atoms with Gasteiger partial charge >= 0.3 is 0 Å². The number of carbonyl (C=O) groups excluding carboxylic acids is 1. The van der Waals surface area contributed by atoms with E-state index in [1.165, 1.54) is 0 Å². The zero-order valence-electron chi connectivity index (χ0n) is 9.72. The van der Waals surface area contributed by atoms with Gasteiger partial charge in [0, 0.05) is 17.8 Å². The topological polar surface area (TPSA) is 70.7 Å². The number of H-pyrrole nitrogens is 1. The summed E-state index contributed by atoms with van der Waals surface area (Å²) in [6.45, 7) is 0. The summed E-state index contributed by atoms with van der Waals surface area (Å²) >= 11 is 6.14. The molecule has 1 aromatic carbocycles. The quantitative estimate of drug-likeness (QED) is 0.753. The van der Waals surface area contributed by atoms with Crippen molar-refractivity contribution in [1.82, 2.24) is 15.0 Å². The highest BCUT2D eigenvalue weighted by molar-refractivity contribution is 6.35. The number of aromatic nitrogens is 3. The predicted octanol–water partition coefficient (Wildman–Crippen LogP) is 2.86. The maximum absolute atomic E-state index is 12.0. The van der Waals surface area contributed by atoms with Gasteiger partial charge in [0.15, 0.2) is 0 Å². The van der Waals surface area contributed by atoms with Gasteiger partial charge in [-0.15, -0.1) is 0 Å². The molecule has 0 spiro atoms. The van der Waals surface area contributed by atoms with E-state index in [4.69, 9.17) is 11.6 Å². The Kier molecular flexibility index (Phi) is 2.89. The number of anilines is 1. The van der Waals surface area contributed by atoms with Gasteiger partial charge in [-0.25, -0.2) is 9.97 Å². The summed E-state index contributed by atoms with van der Waals surface area (Å²) in [5, 5.41) is 3.92. The average molecular weight is 273 g/mol. The molecule has 2 N–H and O–H groups in total. The highest BCUT2D eigenvalue weighted by atomic mass is 35.5. The van der Waals surface area contributed by atoms with E-state index in [0.717, 1.165) is 5.39 Å². The third-order valence-electron chi connectivity index (χ3n) is 2.63. The second-order valence-electron chi connectivity index (χ2n) is 3.90. The Morgan fingerprint density at radius 1 is 1.32 bits per heavy atom. The van der Waals surface area contributed by atoms with Crippen molar-refractivity contribution in [3.8, 4) is 0 Å². The molecule has 94 valence electrons. The van der Waals surface area contributed by atoms with Crippen molar-refractivity contribution >= 4 is 34.4 Å². The fourth-order valence-electron chi connectivity index (χ4n) is 1.75. The maximum atomic E-state index is 12.0. The molecule has 0 aliphatic carbocycles. The standard InChI is InChI=1S/C13H9ClN4O/c14-9-7-11(12(19)18-13-15-5-6-16-13)17-10-4-2-1-3-8(9)10/h1-7H,(H2,15,16,18,19). The lowest BCUT2D eigenvalue weighted by atomic mass is 10.2. The Morgan fingerprint density at radius 3 is 2.95 bits per heavy atom. The first-order chi connectivity index (χ1) is 9.24. The molecule has 5 nitrogen and oxygen atoms in total. The van der Waals surface area contributed by atoms with Crippen LogP contribution < -0.4 is 5.32 Å². The van der Waals surface area contributed by atoms with Crippen LogP contribution in [0.3, 0.4) is 0 Å². The summed E-state index contributed by atoms with van der Waals surface area (Å²) in [6.07, 6.45) is 3.17. The Bertz CT molecular complexity index is 739. The molecule has 0 radical (unpaired) electrons. The number of halogens is 1. The molecular weight excluding hydrogens is 264 g/mol. The summed E-state index contributed by atoms with van der Waals surface area (Å²) in [5.74, 6) is 0.0127. The van der Waals surface area contributed by atoms with E-state index in [2.05, 4.69) is 20.3 Å². The number of hydrogen-bond acceptors (Lipinski definition) is 3. The van der Waals surface area contributed by atoms with Gasteiger partial charge in [0.1, 0.15) is 5.69 Å². The third kappa shape index (κ3) is 2.28. The molecule has 0 saturated carbocycles. The van der Waals surface area contributed by atoms with Crippen LogP contribution in [0.25, 0.3) is 10.9 Å². The van der Waals surface area contributed by atoms with Gasteiger partial charge in [-0.05, 0) is 12.1 Å². The second kappa shape index (κ2) is 4.70. The van der Waals surface area contributed by atoms with Crippen LogP contribution in [0.15, 0.2) is 42.7 Å². The number of para-hydroxylation sites is 1. The van der Waals surface area contributed by atoms with Crippen LogP contribution in [-0.2, 0) is 0 Å². The molecule has 0 atom stereocenters. The largest absolute Gasteiger partial charge is 0.331 e. The van der Waals surface area contributed by atoms with Crippen LogP contribution in [-0.4, -0.2) is 20.9 Å². The van der Waals surface area contributed by atoms with Gasteiger partial charge in [-0.3, -0.25) is 10.1 Å². The van der Waals surface area contributed by atoms with E-state index < -0.39 is 0 Å². The minimum absolute atomic E-state index is 0.250. The highest BCUT2D eigenvalue weighted by Gasteiger charge is 2.12. The number of nitrogens with zero attached hydrogens (tertiary/aromatic N) is 2. The molecule has 1 amide bonds. The fourth-order valence-corrected chi connectivity index (χ4v) is 2.02. The summed E-state index contributed by atoms with van der Waals surface area (Å²) < 4.78 is 0. The lowest BCUT2D eigenvalue weighted by Gasteiger charge is -2.05. The van der Waals surface area contributed by atoms with Gasteiger partial charge in [0.25, 0.3) is 5.91 Å². The number of fused-ring (bicyclic) bond motifs is 1. The molecule has 0 unspecified atom stereocenters. The van der Waals surface area contributed by atoms with Crippen LogP contribution >= 0.6 is 11.6 Å². The molecule has 0 bridgehead atoms. The number of rotatable bonds is 2. The molecule has 6 heteroatoms. The van der Waals surface area contributed by atoms with Crippen molar-refractivity contribution in [2.24, 2.45) is 0 Å². The lowest BCUT2D eigenvalue weighted by molar-refractivity contribution is 0.102. The molecule has 0 fully saturated rings. The molecule has 0 aliphatic heterocycles. The van der Waals surface area contributed by atoms with Crippen LogP contribution in [0, 0.1) is 0 Å². The summed E-state index contributed by atoms with van der Waals surface area (Å²) in [6, 6.07) is 8.93. The Labute approximate surface area is 113 Å². The van der Waals surface area contributed by atoms with Gasteiger partial charge in [-0.2, -0.15) is 0 Å². The minimum Gasteiger partial charge on any atom is -0.331 e. The van der Waals surface area contributed by atoms with Crippen LogP contribution in [0.5, 0.6) is 0 Å². The third-order valence-corrected chi connectivity index (χ3v) is 2.94. The van der Waals surface area contributed by atoms with Gasteiger partial charge < -0.3 is 4.98 Å². The zero-order chi connectivity index (χ0) is 13.2. The fraction of sp³-hybridized carbons (Fsp3) is 0. The molecule has 2 heterocycles. The molecule has 3 rings (SSSR count). The van der Waals surface area contributed by atoms with E-state index in [-0.39, 0.29) is 11.6 Å². The van der Waals surface area contributed by atoms with Crippen LogP contribution in [0.1, 0.15) is 10.5 Å². The number of pyridine rings is 1. The molecule has 0 aliphatic rings. The maximum Gasteiger partial charge on any atom is 0.276 e. The smallest absolute Gasteiger partial charge is 0.276 e. The van der Waals surface area contributed by atoms with Crippen molar-refractivity contribution in [3.05, 3.63) is 53.4 Å². The van der Waals surface area contributed by atoms with Gasteiger partial charge in [0.2, 0.25) is 5.95 Å². The van der Waals surface area contributed by atoms with Crippen molar-refractivity contribution in [2.75, 3.05) is 5.32 Å². The van der Waals surface area contributed by atoms with Crippen molar-refractivity contribution in [1.29, 1.82) is 0 Å². The Balaban J connectivity index is 1.98. The molecule has 3 aromatic rings. The van der Waals surface area contributed by atoms with E-state index >= 15 is 0 Å². The molecule has 19 heavy (non-hydrogen) atoms. The minimum atomic E-state index is -0.359. The van der Waals surface area contributed by atoms with Crippen LogP contribution in [0.4, 0.5) is 5.95 Å². The van der Waals surface area contributed by atoms with E-state index in [1.54, 1.807) is 18.5 Å². The molecule has 2 aromatic heterocycles. The number of benzene rings is 1. The summed E-state index contributed by atoms with van der Waals surface area (Å²) in [5.41, 5.74) is 0.930. The number of nitrogens with one attached hydrogen (secondary N) is 2. The van der Waals surface area contributed by atoms with Crippen molar-refractivity contribution in [2.45, 2.75) is 0 Å². The van der Waals surface area contributed by atoms with Gasteiger partial charge in [0.05, 0.1) is 10.5 Å². The van der Waals surface area contributed by atoms with E-state index in [1.807, 2.05) is 24.3 Å². The first kappa shape index (κ1) is 11.7. The predicted molar refractivity (Wildman–Crippen MR) is 73.3 cm³/mol. The average Bonchev–Trinajstić information content (AvgIpc) is 2.91. The molecule has 0 saturated heterocycles. The summed E-state index contributed by atoms with van der Waals surface area (Å²) in [7, 11) is 0. The van der Waals surface area contributed by atoms with Gasteiger partial charge in [-0.1, -0.05) is 29.8 Å². The van der Waals surface area contributed by atoms with Crippen molar-refractivity contribution in [3.63, 3.8) is 0 Å². The van der Waals surface area contributed by atoms with Crippen molar-refractivity contribution < 1.29 is 4.79 Å². The number of imidazole rings is 1. The number of amides is 1. The number of carbonyl (C=O) groups is 1. The Morgan fingerprint density at radius 2 is 2.16 bits per heavy atom. The monoisotopic (exact) mass is 272 g/mol. The number of hydrogen-bond donors (Lipinski definition) is 2. The molecular formula is C13H9ClN4O. The SMILES string of the molecule is O=C(Nc1ncc[nH]1)c1cc(Cl)c2ccccc2n1. The zero-order valence-corrected chi connectivity index (χ0v) is 10.5. The first-order valence-electron chi connectivity index (χ1n) is 5.60. The summed E-state index contributed by atoms with van der Waals surface area (Å²) in [4.78, 5) is 23.0.